The number of rotatable bonds is 9. The van der Waals surface area contributed by atoms with E-state index in [4.69, 9.17) is 4.74 Å². The Bertz CT molecular complexity index is 1290. The number of sulfonamides is 1. The maximum atomic E-state index is 13.5. The molecule has 35 heavy (non-hydrogen) atoms. The van der Waals surface area contributed by atoms with E-state index in [9.17, 15) is 17.6 Å². The molecule has 1 atom stereocenters. The number of aryl methyl sites for hydroxylation is 3. The fourth-order valence-electron chi connectivity index (χ4n) is 3.87. The zero-order valence-electron chi connectivity index (χ0n) is 20.6. The van der Waals surface area contributed by atoms with Gasteiger partial charge in [-0.25, -0.2) is 12.8 Å². The monoisotopic (exact) mass is 498 g/mol. The van der Waals surface area contributed by atoms with E-state index in [1.807, 2.05) is 40.7 Å². The van der Waals surface area contributed by atoms with Crippen LogP contribution in [0.1, 0.15) is 42.1 Å². The number of carbonyl (C=O) groups excluding carboxylic acids is 1. The summed E-state index contributed by atoms with van der Waals surface area (Å²) in [7, 11) is -4.15. The van der Waals surface area contributed by atoms with Gasteiger partial charge in [-0.3, -0.25) is 9.10 Å². The van der Waals surface area contributed by atoms with Gasteiger partial charge in [0, 0.05) is 0 Å². The number of ether oxygens (including phenoxy) is 1. The molecule has 1 N–H and O–H groups in total. The van der Waals surface area contributed by atoms with Crippen molar-refractivity contribution < 1.29 is 22.3 Å². The lowest BCUT2D eigenvalue weighted by molar-refractivity contribution is -0.120. The largest absolute Gasteiger partial charge is 0.494 e. The van der Waals surface area contributed by atoms with Crippen molar-refractivity contribution in [1.82, 2.24) is 5.32 Å². The molecular formula is C27H31FN2O4S. The topological polar surface area (TPSA) is 75.7 Å². The smallest absolute Gasteiger partial charge is 0.264 e. The molecule has 1 amide bonds. The predicted octanol–water partition coefficient (Wildman–Crippen LogP) is 5.22. The average molecular weight is 499 g/mol. The molecule has 3 rings (SSSR count). The summed E-state index contributed by atoms with van der Waals surface area (Å²) in [5.41, 5.74) is 4.58. The zero-order chi connectivity index (χ0) is 25.8. The van der Waals surface area contributed by atoms with Gasteiger partial charge in [0.05, 0.1) is 23.2 Å². The van der Waals surface area contributed by atoms with E-state index < -0.39 is 28.3 Å². The number of hydrogen-bond donors (Lipinski definition) is 1. The Morgan fingerprint density at radius 3 is 2.17 bits per heavy atom. The van der Waals surface area contributed by atoms with Crippen LogP contribution >= 0.6 is 0 Å². The number of nitrogens with zero attached hydrogens (tertiary/aromatic N) is 1. The highest BCUT2D eigenvalue weighted by Crippen LogP contribution is 2.27. The van der Waals surface area contributed by atoms with Crippen LogP contribution in [0.25, 0.3) is 0 Å². The lowest BCUT2D eigenvalue weighted by Crippen LogP contribution is -2.41. The molecule has 0 aliphatic carbocycles. The second-order valence-electron chi connectivity index (χ2n) is 8.47. The number of carbonyl (C=O) groups is 1. The molecular weight excluding hydrogens is 467 g/mol. The summed E-state index contributed by atoms with van der Waals surface area (Å²) >= 11 is 0. The molecule has 3 aromatic rings. The molecule has 186 valence electrons. The van der Waals surface area contributed by atoms with Crippen LogP contribution in [-0.4, -0.2) is 27.5 Å². The molecule has 0 heterocycles. The highest BCUT2D eigenvalue weighted by atomic mass is 32.2. The highest BCUT2D eigenvalue weighted by molar-refractivity contribution is 7.92. The number of halogens is 1. The molecule has 0 saturated carbocycles. The van der Waals surface area contributed by atoms with Crippen LogP contribution in [-0.2, 0) is 14.8 Å². The summed E-state index contributed by atoms with van der Waals surface area (Å²) < 4.78 is 46.8. The van der Waals surface area contributed by atoms with Crippen molar-refractivity contribution in [1.29, 1.82) is 0 Å². The van der Waals surface area contributed by atoms with Crippen LogP contribution in [0.5, 0.6) is 5.75 Å². The van der Waals surface area contributed by atoms with Gasteiger partial charge < -0.3 is 10.1 Å². The van der Waals surface area contributed by atoms with E-state index in [0.717, 1.165) is 38.7 Å². The molecule has 0 unspecified atom stereocenters. The third kappa shape index (κ3) is 6.19. The summed E-state index contributed by atoms with van der Waals surface area (Å²) in [6.45, 7) is 9.76. The van der Waals surface area contributed by atoms with Crippen LogP contribution in [0.3, 0.4) is 0 Å². The zero-order valence-corrected chi connectivity index (χ0v) is 21.4. The Hall–Kier alpha value is -3.39. The fourth-order valence-corrected chi connectivity index (χ4v) is 5.29. The lowest BCUT2D eigenvalue weighted by atomic mass is 9.96. The Morgan fingerprint density at radius 1 is 0.971 bits per heavy atom. The van der Waals surface area contributed by atoms with Crippen molar-refractivity contribution in [2.45, 2.75) is 45.6 Å². The second-order valence-corrected chi connectivity index (χ2v) is 10.3. The minimum atomic E-state index is -4.15. The van der Waals surface area contributed by atoms with Gasteiger partial charge in [0.2, 0.25) is 5.91 Å². The maximum Gasteiger partial charge on any atom is 0.264 e. The SMILES string of the molecule is CCOc1ccc(N(CC(=O)N[C@H](C)c2cc(C)c(C)cc2C)S(=O)(=O)c2ccc(F)cc2)cc1. The number of amides is 1. The normalized spacial score (nSPS) is 12.2. The third-order valence-electron chi connectivity index (χ3n) is 5.85. The molecule has 0 aliphatic rings. The number of hydrogen-bond acceptors (Lipinski definition) is 4. The molecule has 0 aromatic heterocycles. The Morgan fingerprint density at radius 2 is 1.57 bits per heavy atom. The van der Waals surface area contributed by atoms with E-state index in [1.165, 1.54) is 12.1 Å². The summed E-state index contributed by atoms with van der Waals surface area (Å²) in [6.07, 6.45) is 0. The highest BCUT2D eigenvalue weighted by Gasteiger charge is 2.28. The van der Waals surface area contributed by atoms with Gasteiger partial charge in [-0.15, -0.1) is 0 Å². The Balaban J connectivity index is 1.91. The summed E-state index contributed by atoms with van der Waals surface area (Å²) in [5, 5.41) is 2.92. The van der Waals surface area contributed by atoms with E-state index in [-0.39, 0.29) is 10.9 Å². The standard InChI is InChI=1S/C27H31FN2O4S/c1-6-34-24-11-9-23(10-12-24)30(35(32,33)25-13-7-22(28)8-14-25)17-27(31)29-21(5)26-16-19(3)18(2)15-20(26)4/h7-16,21H,6,17H2,1-5H3,(H,29,31)/t21-/m1/s1. The minimum Gasteiger partial charge on any atom is -0.494 e. The first-order chi connectivity index (χ1) is 16.5. The Labute approximate surface area is 206 Å². The molecule has 0 saturated heterocycles. The third-order valence-corrected chi connectivity index (χ3v) is 7.64. The van der Waals surface area contributed by atoms with E-state index in [2.05, 4.69) is 11.4 Å². The summed E-state index contributed by atoms with van der Waals surface area (Å²) in [4.78, 5) is 13.0. The van der Waals surface area contributed by atoms with E-state index in [1.54, 1.807) is 24.3 Å². The van der Waals surface area contributed by atoms with Crippen LogP contribution < -0.4 is 14.4 Å². The van der Waals surface area contributed by atoms with Gasteiger partial charge >= 0.3 is 0 Å². The molecule has 3 aromatic carbocycles. The van der Waals surface area contributed by atoms with Crippen molar-refractivity contribution in [3.63, 3.8) is 0 Å². The first-order valence-electron chi connectivity index (χ1n) is 11.4. The van der Waals surface area contributed by atoms with Gasteiger partial charge in [-0.1, -0.05) is 12.1 Å². The second kappa shape index (κ2) is 10.9. The van der Waals surface area contributed by atoms with Crippen LogP contribution in [0.2, 0.25) is 0 Å². The van der Waals surface area contributed by atoms with Gasteiger partial charge in [0.15, 0.2) is 0 Å². The van der Waals surface area contributed by atoms with Gasteiger partial charge in [-0.05, 0) is 105 Å². The molecule has 8 heteroatoms. The number of benzene rings is 3. The van der Waals surface area contributed by atoms with Gasteiger partial charge in [0.1, 0.15) is 18.1 Å². The Kier molecular flexibility index (Phi) is 8.17. The van der Waals surface area contributed by atoms with E-state index in [0.29, 0.717) is 18.0 Å². The fraction of sp³-hybridized carbons (Fsp3) is 0.296. The van der Waals surface area contributed by atoms with Crippen LogP contribution in [0.4, 0.5) is 10.1 Å². The van der Waals surface area contributed by atoms with Crippen molar-refractivity contribution in [2.75, 3.05) is 17.5 Å². The molecule has 0 bridgehead atoms. The first kappa shape index (κ1) is 26.2. The molecule has 6 nitrogen and oxygen atoms in total. The summed E-state index contributed by atoms with van der Waals surface area (Å²) in [5.74, 6) is -0.430. The quantitative estimate of drug-likeness (QED) is 0.439. The summed E-state index contributed by atoms with van der Waals surface area (Å²) in [6, 6.07) is 14.8. The molecule has 0 aliphatic heterocycles. The van der Waals surface area contributed by atoms with Crippen molar-refractivity contribution in [3.05, 3.63) is 88.7 Å². The first-order valence-corrected chi connectivity index (χ1v) is 12.8. The van der Waals surface area contributed by atoms with Crippen molar-refractivity contribution in [2.24, 2.45) is 0 Å². The predicted molar refractivity (Wildman–Crippen MR) is 136 cm³/mol. The molecule has 0 spiro atoms. The van der Waals surface area contributed by atoms with Crippen LogP contribution in [0, 0.1) is 26.6 Å². The van der Waals surface area contributed by atoms with E-state index >= 15 is 0 Å². The van der Waals surface area contributed by atoms with Gasteiger partial charge in [-0.2, -0.15) is 0 Å². The number of anilines is 1. The number of nitrogens with one attached hydrogen (secondary N) is 1. The molecule has 0 fully saturated rings. The van der Waals surface area contributed by atoms with Gasteiger partial charge in [0.25, 0.3) is 10.0 Å². The molecule has 0 radical (unpaired) electrons. The van der Waals surface area contributed by atoms with Crippen molar-refractivity contribution in [3.8, 4) is 5.75 Å². The lowest BCUT2D eigenvalue weighted by Gasteiger charge is -2.26. The average Bonchev–Trinajstić information content (AvgIpc) is 2.81. The maximum absolute atomic E-state index is 13.5. The minimum absolute atomic E-state index is 0.112. The van der Waals surface area contributed by atoms with Crippen molar-refractivity contribution >= 4 is 21.6 Å². The van der Waals surface area contributed by atoms with Crippen LogP contribution in [0.15, 0.2) is 65.6 Å².